The predicted molar refractivity (Wildman–Crippen MR) is 82.4 cm³/mol. The molecule has 0 aliphatic carbocycles. The lowest BCUT2D eigenvalue weighted by Crippen LogP contribution is -2.42. The van der Waals surface area contributed by atoms with E-state index in [1.807, 2.05) is 19.9 Å². The molecule has 0 saturated heterocycles. The summed E-state index contributed by atoms with van der Waals surface area (Å²) in [6.07, 6.45) is 0.0385. The first-order valence-electron chi connectivity index (χ1n) is 7.42. The second-order valence-electron chi connectivity index (χ2n) is 6.28. The minimum Gasteiger partial charge on any atom is -0.376 e. The van der Waals surface area contributed by atoms with Gasteiger partial charge in [0.2, 0.25) is 0 Å². The summed E-state index contributed by atoms with van der Waals surface area (Å²) in [5, 5.41) is 3.50. The molecule has 0 aromatic heterocycles. The number of rotatable bonds is 6. The van der Waals surface area contributed by atoms with E-state index < -0.39 is 0 Å². The molecule has 20 heavy (non-hydrogen) atoms. The lowest BCUT2D eigenvalue weighted by atomic mass is 9.81. The van der Waals surface area contributed by atoms with Crippen LogP contribution in [0.25, 0.3) is 0 Å². The SMILES string of the molecule is CCNC(c1ccc(F)cc1C)C(OCC)C(C)(C)C. The van der Waals surface area contributed by atoms with Gasteiger partial charge in [-0.1, -0.05) is 33.8 Å². The average Bonchev–Trinajstić information content (AvgIpc) is 2.33. The van der Waals surface area contributed by atoms with Gasteiger partial charge in [0.15, 0.2) is 0 Å². The Morgan fingerprint density at radius 3 is 2.35 bits per heavy atom. The molecule has 2 atom stereocenters. The average molecular weight is 281 g/mol. The second kappa shape index (κ2) is 7.19. The Morgan fingerprint density at radius 1 is 1.25 bits per heavy atom. The number of likely N-dealkylation sites (N-methyl/N-ethyl adjacent to an activating group) is 1. The third-order valence-corrected chi connectivity index (χ3v) is 3.49. The Labute approximate surface area is 122 Å². The van der Waals surface area contributed by atoms with E-state index in [0.29, 0.717) is 6.61 Å². The molecule has 1 aromatic rings. The Hall–Kier alpha value is -0.930. The summed E-state index contributed by atoms with van der Waals surface area (Å²) in [6, 6.07) is 5.06. The number of aryl methyl sites for hydroxylation is 1. The maximum atomic E-state index is 13.3. The molecule has 114 valence electrons. The van der Waals surface area contributed by atoms with Gasteiger partial charge < -0.3 is 10.1 Å². The highest BCUT2D eigenvalue weighted by Crippen LogP contribution is 2.34. The zero-order chi connectivity index (χ0) is 15.3. The van der Waals surface area contributed by atoms with E-state index in [9.17, 15) is 4.39 Å². The number of hydrogen-bond donors (Lipinski definition) is 1. The van der Waals surface area contributed by atoms with Gasteiger partial charge in [0.25, 0.3) is 0 Å². The maximum absolute atomic E-state index is 13.3. The third kappa shape index (κ3) is 4.29. The summed E-state index contributed by atoms with van der Waals surface area (Å²) in [4.78, 5) is 0. The van der Waals surface area contributed by atoms with Crippen LogP contribution in [0.5, 0.6) is 0 Å². The fraction of sp³-hybridized carbons (Fsp3) is 0.647. The molecule has 2 nitrogen and oxygen atoms in total. The van der Waals surface area contributed by atoms with Crippen LogP contribution < -0.4 is 5.32 Å². The van der Waals surface area contributed by atoms with Crippen molar-refractivity contribution >= 4 is 0 Å². The lowest BCUT2D eigenvalue weighted by molar-refractivity contribution is -0.0364. The second-order valence-corrected chi connectivity index (χ2v) is 6.28. The normalized spacial score (nSPS) is 15.2. The van der Waals surface area contributed by atoms with Crippen molar-refractivity contribution in [2.75, 3.05) is 13.2 Å². The first-order chi connectivity index (χ1) is 9.31. The van der Waals surface area contributed by atoms with Crippen LogP contribution in [-0.2, 0) is 4.74 Å². The molecule has 0 spiro atoms. The summed E-state index contributed by atoms with van der Waals surface area (Å²) in [6.45, 7) is 14.1. The van der Waals surface area contributed by atoms with E-state index in [0.717, 1.165) is 17.7 Å². The van der Waals surface area contributed by atoms with Crippen LogP contribution in [0.3, 0.4) is 0 Å². The van der Waals surface area contributed by atoms with Crippen LogP contribution in [0, 0.1) is 18.2 Å². The summed E-state index contributed by atoms with van der Waals surface area (Å²) in [7, 11) is 0. The van der Waals surface area contributed by atoms with Gasteiger partial charge in [0.05, 0.1) is 12.1 Å². The molecule has 3 heteroatoms. The molecule has 0 amide bonds. The fourth-order valence-electron chi connectivity index (χ4n) is 2.61. The van der Waals surface area contributed by atoms with E-state index in [2.05, 4.69) is 33.0 Å². The third-order valence-electron chi connectivity index (χ3n) is 3.49. The van der Waals surface area contributed by atoms with Crippen molar-refractivity contribution in [2.45, 2.75) is 53.7 Å². The Kier molecular flexibility index (Phi) is 6.15. The van der Waals surface area contributed by atoms with E-state index >= 15 is 0 Å². The summed E-state index contributed by atoms with van der Waals surface area (Å²) in [5.41, 5.74) is 2.08. The standard InChI is InChI=1S/C17H28FNO/c1-7-19-15(16(20-8-2)17(4,5)6)14-10-9-13(18)11-12(14)3/h9-11,15-16,19H,7-8H2,1-6H3. The topological polar surface area (TPSA) is 21.3 Å². The number of benzene rings is 1. The van der Waals surface area contributed by atoms with Crippen LogP contribution in [0.4, 0.5) is 4.39 Å². The zero-order valence-corrected chi connectivity index (χ0v) is 13.6. The summed E-state index contributed by atoms with van der Waals surface area (Å²) >= 11 is 0. The van der Waals surface area contributed by atoms with Crippen molar-refractivity contribution in [2.24, 2.45) is 5.41 Å². The molecule has 0 radical (unpaired) electrons. The first kappa shape index (κ1) is 17.1. The maximum Gasteiger partial charge on any atom is 0.123 e. The largest absolute Gasteiger partial charge is 0.376 e. The van der Waals surface area contributed by atoms with Crippen molar-refractivity contribution in [3.63, 3.8) is 0 Å². The first-order valence-corrected chi connectivity index (χ1v) is 7.42. The van der Waals surface area contributed by atoms with Gasteiger partial charge in [-0.15, -0.1) is 0 Å². The smallest absolute Gasteiger partial charge is 0.123 e. The minimum atomic E-state index is -0.190. The van der Waals surface area contributed by atoms with Gasteiger partial charge in [0, 0.05) is 6.61 Å². The van der Waals surface area contributed by atoms with Gasteiger partial charge in [-0.3, -0.25) is 0 Å². The van der Waals surface area contributed by atoms with Crippen molar-refractivity contribution in [3.8, 4) is 0 Å². The van der Waals surface area contributed by atoms with Crippen molar-refractivity contribution < 1.29 is 9.13 Å². The van der Waals surface area contributed by atoms with Gasteiger partial charge in [-0.05, 0) is 49.1 Å². The van der Waals surface area contributed by atoms with E-state index in [4.69, 9.17) is 4.74 Å². The van der Waals surface area contributed by atoms with Crippen LogP contribution in [-0.4, -0.2) is 19.3 Å². The summed E-state index contributed by atoms with van der Waals surface area (Å²) in [5.74, 6) is -0.190. The van der Waals surface area contributed by atoms with Crippen LogP contribution in [0.1, 0.15) is 51.8 Å². The number of hydrogen-bond acceptors (Lipinski definition) is 2. The molecule has 1 N–H and O–H groups in total. The lowest BCUT2D eigenvalue weighted by Gasteiger charge is -2.38. The van der Waals surface area contributed by atoms with Gasteiger partial charge >= 0.3 is 0 Å². The van der Waals surface area contributed by atoms with Gasteiger partial charge in [-0.25, -0.2) is 4.39 Å². The number of ether oxygens (including phenoxy) is 1. The molecule has 0 fully saturated rings. The van der Waals surface area contributed by atoms with Crippen LogP contribution >= 0.6 is 0 Å². The molecule has 2 unspecified atom stereocenters. The molecular formula is C17H28FNO. The highest BCUT2D eigenvalue weighted by Gasteiger charge is 2.34. The van der Waals surface area contributed by atoms with Crippen molar-refractivity contribution in [1.29, 1.82) is 0 Å². The highest BCUT2D eigenvalue weighted by molar-refractivity contribution is 5.30. The quantitative estimate of drug-likeness (QED) is 0.842. The molecule has 0 heterocycles. The van der Waals surface area contributed by atoms with E-state index in [1.165, 1.54) is 6.07 Å². The number of halogens is 1. The van der Waals surface area contributed by atoms with Crippen molar-refractivity contribution in [1.82, 2.24) is 5.32 Å². The molecule has 0 bridgehead atoms. The molecule has 0 aliphatic heterocycles. The molecule has 0 aliphatic rings. The van der Waals surface area contributed by atoms with Crippen LogP contribution in [0.15, 0.2) is 18.2 Å². The minimum absolute atomic E-state index is 0.00364. The zero-order valence-electron chi connectivity index (χ0n) is 13.6. The van der Waals surface area contributed by atoms with Gasteiger partial charge in [0.1, 0.15) is 5.82 Å². The predicted octanol–water partition coefficient (Wildman–Crippen LogP) is 4.24. The van der Waals surface area contributed by atoms with E-state index in [-0.39, 0.29) is 23.4 Å². The Morgan fingerprint density at radius 2 is 1.90 bits per heavy atom. The highest BCUT2D eigenvalue weighted by atomic mass is 19.1. The Bertz CT molecular complexity index is 425. The van der Waals surface area contributed by atoms with E-state index in [1.54, 1.807) is 6.07 Å². The Balaban J connectivity index is 3.19. The summed E-state index contributed by atoms with van der Waals surface area (Å²) < 4.78 is 19.3. The fourth-order valence-corrected chi connectivity index (χ4v) is 2.61. The molecule has 1 aromatic carbocycles. The molecular weight excluding hydrogens is 253 g/mol. The number of nitrogens with one attached hydrogen (secondary N) is 1. The monoisotopic (exact) mass is 281 g/mol. The molecule has 1 rings (SSSR count). The molecule has 0 saturated carbocycles. The van der Waals surface area contributed by atoms with Crippen molar-refractivity contribution in [3.05, 3.63) is 35.1 Å². The van der Waals surface area contributed by atoms with Gasteiger partial charge in [-0.2, -0.15) is 0 Å². The van der Waals surface area contributed by atoms with Crippen LogP contribution in [0.2, 0.25) is 0 Å².